The third kappa shape index (κ3) is 1.71. The SMILES string of the molecule is [CH2-]N1CCC(c2nc3ccccc3o2)CC1. The van der Waals surface area contributed by atoms with E-state index in [1.165, 1.54) is 0 Å². The van der Waals surface area contributed by atoms with Crippen LogP contribution < -0.4 is 0 Å². The number of oxazole rings is 1. The topological polar surface area (TPSA) is 29.3 Å². The third-order valence-electron chi connectivity index (χ3n) is 3.25. The maximum absolute atomic E-state index is 5.79. The van der Waals surface area contributed by atoms with E-state index in [4.69, 9.17) is 4.42 Å². The van der Waals surface area contributed by atoms with E-state index in [0.29, 0.717) is 5.92 Å². The number of fused-ring (bicyclic) bond motifs is 1. The summed E-state index contributed by atoms with van der Waals surface area (Å²) in [6.07, 6.45) is 2.19. The molecule has 0 saturated carbocycles. The molecule has 2 heterocycles. The van der Waals surface area contributed by atoms with Gasteiger partial charge in [-0.3, -0.25) is 7.05 Å². The number of hydrogen-bond acceptors (Lipinski definition) is 3. The molecule has 3 nitrogen and oxygen atoms in total. The minimum Gasteiger partial charge on any atom is -0.459 e. The molecular formula is C13H15N2O-. The maximum atomic E-state index is 5.79. The molecule has 3 rings (SSSR count). The molecule has 0 amide bonds. The Morgan fingerprint density at radius 2 is 2.00 bits per heavy atom. The molecule has 1 aromatic carbocycles. The number of piperidine rings is 1. The molecule has 0 atom stereocenters. The fourth-order valence-electron chi connectivity index (χ4n) is 2.24. The zero-order valence-electron chi connectivity index (χ0n) is 9.22. The molecule has 0 aliphatic carbocycles. The van der Waals surface area contributed by atoms with Crippen molar-refractivity contribution in [1.29, 1.82) is 0 Å². The summed E-state index contributed by atoms with van der Waals surface area (Å²) in [4.78, 5) is 6.67. The van der Waals surface area contributed by atoms with Crippen LogP contribution in [0.4, 0.5) is 0 Å². The summed E-state index contributed by atoms with van der Waals surface area (Å²) in [5, 5.41) is 0. The highest BCUT2D eigenvalue weighted by Crippen LogP contribution is 2.29. The van der Waals surface area contributed by atoms with E-state index in [9.17, 15) is 0 Å². The number of para-hydroxylation sites is 2. The molecule has 1 saturated heterocycles. The zero-order valence-corrected chi connectivity index (χ0v) is 9.22. The molecule has 0 bridgehead atoms. The van der Waals surface area contributed by atoms with E-state index in [0.717, 1.165) is 42.9 Å². The molecule has 1 aliphatic rings. The van der Waals surface area contributed by atoms with Gasteiger partial charge in [0.15, 0.2) is 11.5 Å². The van der Waals surface area contributed by atoms with Gasteiger partial charge in [0.2, 0.25) is 0 Å². The summed E-state index contributed by atoms with van der Waals surface area (Å²) in [7, 11) is 3.95. The molecule has 1 aliphatic heterocycles. The first-order valence-electron chi connectivity index (χ1n) is 5.74. The molecule has 1 aromatic heterocycles. The number of aromatic nitrogens is 1. The van der Waals surface area contributed by atoms with Gasteiger partial charge in [0.05, 0.1) is 0 Å². The van der Waals surface area contributed by atoms with Gasteiger partial charge >= 0.3 is 0 Å². The van der Waals surface area contributed by atoms with Crippen molar-refractivity contribution in [2.24, 2.45) is 0 Å². The molecule has 0 spiro atoms. The van der Waals surface area contributed by atoms with Gasteiger partial charge in [-0.2, -0.15) is 0 Å². The van der Waals surface area contributed by atoms with Crippen molar-refractivity contribution in [2.45, 2.75) is 18.8 Å². The van der Waals surface area contributed by atoms with E-state index >= 15 is 0 Å². The number of nitrogens with zero attached hydrogens (tertiary/aromatic N) is 2. The van der Waals surface area contributed by atoms with Crippen molar-refractivity contribution in [1.82, 2.24) is 9.88 Å². The van der Waals surface area contributed by atoms with Crippen LogP contribution in [0.3, 0.4) is 0 Å². The summed E-state index contributed by atoms with van der Waals surface area (Å²) in [6.45, 7) is 2.06. The molecule has 16 heavy (non-hydrogen) atoms. The summed E-state index contributed by atoms with van der Waals surface area (Å²) in [5.41, 5.74) is 1.86. The smallest absolute Gasteiger partial charge is 0.198 e. The lowest BCUT2D eigenvalue weighted by Gasteiger charge is -2.32. The normalized spacial score (nSPS) is 19.3. The van der Waals surface area contributed by atoms with Crippen molar-refractivity contribution in [3.8, 4) is 0 Å². The lowest BCUT2D eigenvalue weighted by atomic mass is 9.97. The van der Waals surface area contributed by atoms with Crippen molar-refractivity contribution < 1.29 is 4.42 Å². The average Bonchev–Trinajstić information content (AvgIpc) is 2.73. The van der Waals surface area contributed by atoms with Crippen LogP contribution in [0.1, 0.15) is 24.7 Å². The summed E-state index contributed by atoms with van der Waals surface area (Å²) >= 11 is 0. The van der Waals surface area contributed by atoms with Crippen LogP contribution >= 0.6 is 0 Å². The molecule has 84 valence electrons. The number of rotatable bonds is 1. The van der Waals surface area contributed by atoms with Crippen LogP contribution in [0.15, 0.2) is 28.7 Å². The van der Waals surface area contributed by atoms with Gasteiger partial charge in [-0.1, -0.05) is 12.1 Å². The van der Waals surface area contributed by atoms with Crippen molar-refractivity contribution in [2.75, 3.05) is 13.1 Å². The summed E-state index contributed by atoms with van der Waals surface area (Å²) < 4.78 is 5.79. The van der Waals surface area contributed by atoms with Gasteiger partial charge in [0.1, 0.15) is 5.52 Å². The first-order chi connectivity index (χ1) is 7.83. The van der Waals surface area contributed by atoms with Crippen LogP contribution in [0.25, 0.3) is 11.1 Å². The minimum absolute atomic E-state index is 0.463. The van der Waals surface area contributed by atoms with Crippen LogP contribution in [0.5, 0.6) is 0 Å². The zero-order chi connectivity index (χ0) is 11.0. The standard InChI is InChI=1S/C13H15N2O/c1-15-8-6-10(7-9-15)13-14-11-4-2-3-5-12(11)16-13/h2-5,10H,1,6-9H2/q-1. The van der Waals surface area contributed by atoms with E-state index in [2.05, 4.69) is 16.9 Å². The molecule has 0 N–H and O–H groups in total. The molecule has 1 fully saturated rings. The van der Waals surface area contributed by atoms with Gasteiger partial charge in [0, 0.05) is 5.92 Å². The predicted molar refractivity (Wildman–Crippen MR) is 62.9 cm³/mol. The Morgan fingerprint density at radius 3 is 2.75 bits per heavy atom. The first-order valence-corrected chi connectivity index (χ1v) is 5.74. The summed E-state index contributed by atoms with van der Waals surface area (Å²) in [5.74, 6) is 1.36. The van der Waals surface area contributed by atoms with Crippen molar-refractivity contribution in [3.05, 3.63) is 37.2 Å². The van der Waals surface area contributed by atoms with Crippen LogP contribution in [0, 0.1) is 7.05 Å². The van der Waals surface area contributed by atoms with E-state index in [1.54, 1.807) is 0 Å². The van der Waals surface area contributed by atoms with Gasteiger partial charge in [-0.05, 0) is 38.1 Å². The van der Waals surface area contributed by atoms with Gasteiger partial charge < -0.3 is 9.32 Å². The Bertz CT molecular complexity index is 450. The largest absolute Gasteiger partial charge is 0.459 e. The lowest BCUT2D eigenvalue weighted by molar-refractivity contribution is 0.260. The maximum Gasteiger partial charge on any atom is 0.198 e. The van der Waals surface area contributed by atoms with E-state index < -0.39 is 0 Å². The Balaban J connectivity index is 1.88. The monoisotopic (exact) mass is 215 g/mol. The number of likely N-dealkylation sites (tertiary alicyclic amines) is 1. The number of benzene rings is 1. The van der Waals surface area contributed by atoms with Crippen LogP contribution in [-0.2, 0) is 0 Å². The highest BCUT2D eigenvalue weighted by molar-refractivity contribution is 5.72. The molecule has 0 radical (unpaired) electrons. The molecule has 2 aromatic rings. The Hall–Kier alpha value is -1.35. The average molecular weight is 215 g/mol. The molecular weight excluding hydrogens is 200 g/mol. The second kappa shape index (κ2) is 3.91. The quantitative estimate of drug-likeness (QED) is 0.685. The van der Waals surface area contributed by atoms with Crippen LogP contribution in [-0.4, -0.2) is 23.0 Å². The fraction of sp³-hybridized carbons (Fsp3) is 0.385. The van der Waals surface area contributed by atoms with Crippen molar-refractivity contribution in [3.63, 3.8) is 0 Å². The third-order valence-corrected chi connectivity index (χ3v) is 3.25. The lowest BCUT2D eigenvalue weighted by Crippen LogP contribution is -2.27. The first kappa shape index (κ1) is 9.85. The predicted octanol–water partition coefficient (Wildman–Crippen LogP) is 2.80. The Kier molecular flexibility index (Phi) is 2.40. The highest BCUT2D eigenvalue weighted by Gasteiger charge is 2.21. The molecule has 0 unspecified atom stereocenters. The highest BCUT2D eigenvalue weighted by atomic mass is 16.3. The van der Waals surface area contributed by atoms with E-state index in [1.807, 2.05) is 24.3 Å². The van der Waals surface area contributed by atoms with E-state index in [-0.39, 0.29) is 0 Å². The van der Waals surface area contributed by atoms with Gasteiger partial charge in [0.25, 0.3) is 0 Å². The second-order valence-corrected chi connectivity index (χ2v) is 4.41. The molecule has 3 heteroatoms. The Labute approximate surface area is 95.1 Å². The van der Waals surface area contributed by atoms with Gasteiger partial charge in [-0.15, -0.1) is 0 Å². The van der Waals surface area contributed by atoms with Crippen molar-refractivity contribution >= 4 is 11.1 Å². The fourth-order valence-corrected chi connectivity index (χ4v) is 2.24. The Morgan fingerprint density at radius 1 is 1.25 bits per heavy atom. The second-order valence-electron chi connectivity index (χ2n) is 4.41. The minimum atomic E-state index is 0.463. The van der Waals surface area contributed by atoms with Gasteiger partial charge in [-0.25, -0.2) is 4.98 Å². The summed E-state index contributed by atoms with van der Waals surface area (Å²) in [6, 6.07) is 7.95. The van der Waals surface area contributed by atoms with Crippen LogP contribution in [0.2, 0.25) is 0 Å². The number of hydrogen-bond donors (Lipinski definition) is 0.